The standard InChI is InChI=1S/C22H44N6O11/c23-4-3-9(30)20(35)28-13-15(32)12(27)18(38-21-8(25)2-1-7(5-24)36-21)17(34)19(13)39-22-16(33)11(26)14(31)10(6-29)37-22/h7-19,21-22,29-34H,1-6,23-27H2,(H,28,35)/t7-,8?,9-,10?,11-,12-,13?,14+,15+,16?,17?,18?,19-,21+,22+/m0/s1. The van der Waals surface area contributed by atoms with Gasteiger partial charge in [0.15, 0.2) is 12.6 Å². The van der Waals surface area contributed by atoms with Crippen LogP contribution in [0.3, 0.4) is 0 Å². The van der Waals surface area contributed by atoms with Crippen molar-refractivity contribution in [2.75, 3.05) is 19.7 Å². The van der Waals surface area contributed by atoms with Gasteiger partial charge in [0.25, 0.3) is 0 Å². The lowest BCUT2D eigenvalue weighted by Crippen LogP contribution is -2.74. The van der Waals surface area contributed by atoms with Crippen molar-refractivity contribution in [3.63, 3.8) is 0 Å². The Morgan fingerprint density at radius 3 is 2.18 bits per heavy atom. The van der Waals surface area contributed by atoms with Gasteiger partial charge in [0.05, 0.1) is 43.0 Å². The summed E-state index contributed by atoms with van der Waals surface area (Å²) < 4.78 is 23.0. The molecule has 0 aromatic rings. The highest BCUT2D eigenvalue weighted by atomic mass is 16.7. The van der Waals surface area contributed by atoms with Gasteiger partial charge >= 0.3 is 0 Å². The maximum Gasteiger partial charge on any atom is 0.249 e. The van der Waals surface area contributed by atoms with Crippen LogP contribution in [0.1, 0.15) is 19.3 Å². The van der Waals surface area contributed by atoms with Gasteiger partial charge < -0.3 is 83.6 Å². The van der Waals surface area contributed by atoms with E-state index in [1.165, 1.54) is 0 Å². The van der Waals surface area contributed by atoms with E-state index in [0.717, 1.165) is 0 Å². The lowest BCUT2D eigenvalue weighted by molar-refractivity contribution is -0.319. The molecular weight excluding hydrogens is 524 g/mol. The molecule has 228 valence electrons. The Labute approximate surface area is 225 Å². The Bertz CT molecular complexity index is 787. The molecule has 0 aromatic carbocycles. The fraction of sp³-hybridized carbons (Fsp3) is 0.955. The minimum Gasteiger partial charge on any atom is -0.394 e. The van der Waals surface area contributed by atoms with Gasteiger partial charge in [0.1, 0.15) is 42.7 Å². The average Bonchev–Trinajstić information content (AvgIpc) is 2.92. The topological polar surface area (TPSA) is 318 Å². The number of aliphatic hydroxyl groups is 6. The van der Waals surface area contributed by atoms with E-state index in [4.69, 9.17) is 47.6 Å². The Kier molecular flexibility index (Phi) is 11.8. The van der Waals surface area contributed by atoms with Gasteiger partial charge in [-0.05, 0) is 25.8 Å². The SMILES string of the molecule is NCC[C@H](O)C(=O)NC1[C@H](O[C@H]2OC(CO)[C@@H](O)[C@H](N)C2O)C(O)C(O[C@H]2O[C@H](CN)CCC2N)[C@@H](N)[C@H]1O. The molecule has 2 heterocycles. The van der Waals surface area contributed by atoms with Crippen LogP contribution in [0.5, 0.6) is 0 Å². The van der Waals surface area contributed by atoms with Crippen molar-refractivity contribution in [3.8, 4) is 0 Å². The highest BCUT2D eigenvalue weighted by Gasteiger charge is 2.54. The molecule has 3 aliphatic rings. The number of rotatable bonds is 10. The van der Waals surface area contributed by atoms with Crippen molar-refractivity contribution in [1.82, 2.24) is 5.32 Å². The van der Waals surface area contributed by atoms with Crippen molar-refractivity contribution in [3.05, 3.63) is 0 Å². The number of amides is 1. The Balaban J connectivity index is 1.88. The highest BCUT2D eigenvalue weighted by Crippen LogP contribution is 2.31. The van der Waals surface area contributed by atoms with E-state index in [1.807, 2.05) is 0 Å². The van der Waals surface area contributed by atoms with Gasteiger partial charge in [-0.25, -0.2) is 0 Å². The molecule has 0 radical (unpaired) electrons. The Morgan fingerprint density at radius 2 is 1.56 bits per heavy atom. The first-order valence-electron chi connectivity index (χ1n) is 13.0. The van der Waals surface area contributed by atoms with E-state index in [9.17, 15) is 35.4 Å². The van der Waals surface area contributed by atoms with Crippen LogP contribution in [-0.4, -0.2) is 148 Å². The predicted molar refractivity (Wildman–Crippen MR) is 132 cm³/mol. The number of hydrogen-bond donors (Lipinski definition) is 12. The fourth-order valence-electron chi connectivity index (χ4n) is 5.03. The first-order valence-corrected chi connectivity index (χ1v) is 13.0. The summed E-state index contributed by atoms with van der Waals surface area (Å²) in [5, 5.41) is 65.3. The molecule has 1 amide bonds. The molecule has 17 nitrogen and oxygen atoms in total. The molecule has 39 heavy (non-hydrogen) atoms. The number of aliphatic hydroxyl groups excluding tert-OH is 6. The molecule has 3 rings (SSSR count). The maximum absolute atomic E-state index is 12.6. The summed E-state index contributed by atoms with van der Waals surface area (Å²) in [7, 11) is 0. The second-order valence-electron chi connectivity index (χ2n) is 10.3. The van der Waals surface area contributed by atoms with Crippen molar-refractivity contribution in [2.24, 2.45) is 28.7 Å². The van der Waals surface area contributed by atoms with Crippen molar-refractivity contribution < 1.29 is 54.4 Å². The van der Waals surface area contributed by atoms with Gasteiger partial charge in [0, 0.05) is 6.54 Å². The zero-order valence-electron chi connectivity index (χ0n) is 21.5. The molecule has 1 aliphatic carbocycles. The third kappa shape index (κ3) is 7.21. The molecular formula is C22H44N6O11. The molecule has 3 fully saturated rings. The maximum atomic E-state index is 12.6. The minimum absolute atomic E-state index is 0.00387. The van der Waals surface area contributed by atoms with Gasteiger partial charge in [-0.3, -0.25) is 4.79 Å². The summed E-state index contributed by atoms with van der Waals surface area (Å²) in [6.45, 7) is -0.469. The third-order valence-electron chi connectivity index (χ3n) is 7.50. The zero-order chi connectivity index (χ0) is 29.0. The van der Waals surface area contributed by atoms with Crippen LogP contribution in [0.15, 0.2) is 0 Å². The van der Waals surface area contributed by atoms with E-state index in [0.29, 0.717) is 12.8 Å². The molecule has 17 heteroatoms. The molecule has 0 aromatic heterocycles. The van der Waals surface area contributed by atoms with Crippen LogP contribution in [0.4, 0.5) is 0 Å². The third-order valence-corrected chi connectivity index (χ3v) is 7.50. The lowest BCUT2D eigenvalue weighted by Gasteiger charge is -2.50. The monoisotopic (exact) mass is 568 g/mol. The quantitative estimate of drug-likeness (QED) is 0.116. The van der Waals surface area contributed by atoms with E-state index >= 15 is 0 Å². The lowest BCUT2D eigenvalue weighted by atomic mass is 9.81. The summed E-state index contributed by atoms with van der Waals surface area (Å²) >= 11 is 0. The molecule has 1 saturated carbocycles. The first-order chi connectivity index (χ1) is 18.4. The van der Waals surface area contributed by atoms with E-state index in [2.05, 4.69) is 5.32 Å². The smallest absolute Gasteiger partial charge is 0.249 e. The Hall–Kier alpha value is -1.13. The number of ether oxygens (including phenoxy) is 4. The largest absolute Gasteiger partial charge is 0.394 e. The summed E-state index contributed by atoms with van der Waals surface area (Å²) in [5.41, 5.74) is 29.4. The number of hydrogen-bond acceptors (Lipinski definition) is 16. The van der Waals surface area contributed by atoms with Crippen molar-refractivity contribution in [1.29, 1.82) is 0 Å². The van der Waals surface area contributed by atoms with Crippen LogP contribution in [-0.2, 0) is 23.7 Å². The molecule has 2 saturated heterocycles. The minimum atomic E-state index is -1.68. The van der Waals surface area contributed by atoms with Crippen molar-refractivity contribution >= 4 is 5.91 Å². The van der Waals surface area contributed by atoms with Crippen LogP contribution < -0.4 is 34.0 Å². The molecule has 0 spiro atoms. The predicted octanol–water partition coefficient (Wildman–Crippen LogP) is -7.43. The number of nitrogens with two attached hydrogens (primary N) is 5. The number of carbonyl (C=O) groups excluding carboxylic acids is 1. The highest BCUT2D eigenvalue weighted by molar-refractivity contribution is 5.81. The van der Waals surface area contributed by atoms with Gasteiger partial charge in [-0.15, -0.1) is 0 Å². The summed E-state index contributed by atoms with van der Waals surface area (Å²) in [4.78, 5) is 12.6. The van der Waals surface area contributed by atoms with Gasteiger partial charge in [-0.1, -0.05) is 0 Å². The van der Waals surface area contributed by atoms with Gasteiger partial charge in [-0.2, -0.15) is 0 Å². The molecule has 6 unspecified atom stereocenters. The zero-order valence-corrected chi connectivity index (χ0v) is 21.5. The van der Waals surface area contributed by atoms with Crippen LogP contribution in [0.2, 0.25) is 0 Å². The second-order valence-corrected chi connectivity index (χ2v) is 10.3. The fourth-order valence-corrected chi connectivity index (χ4v) is 5.03. The van der Waals surface area contributed by atoms with Crippen molar-refractivity contribution in [2.45, 2.75) is 111 Å². The summed E-state index contributed by atoms with van der Waals surface area (Å²) in [5.74, 6) is -0.925. The van der Waals surface area contributed by atoms with E-state index in [-0.39, 0.29) is 25.6 Å². The molecule has 15 atom stereocenters. The first kappa shape index (κ1) is 32.4. The van der Waals surface area contributed by atoms with Crippen LogP contribution in [0.25, 0.3) is 0 Å². The van der Waals surface area contributed by atoms with Crippen LogP contribution in [0, 0.1) is 0 Å². The van der Waals surface area contributed by atoms with E-state index in [1.54, 1.807) is 0 Å². The molecule has 2 aliphatic heterocycles. The molecule has 17 N–H and O–H groups in total. The summed E-state index contributed by atoms with van der Waals surface area (Å²) in [6.07, 6.45) is -14.1. The van der Waals surface area contributed by atoms with Crippen LogP contribution >= 0.6 is 0 Å². The molecule has 0 bridgehead atoms. The number of carbonyl (C=O) groups is 1. The Morgan fingerprint density at radius 1 is 0.897 bits per heavy atom. The summed E-state index contributed by atoms with van der Waals surface area (Å²) in [6, 6.07) is -4.65. The number of nitrogens with one attached hydrogen (secondary N) is 1. The average molecular weight is 569 g/mol. The normalized spacial score (nSPS) is 46.0. The van der Waals surface area contributed by atoms with E-state index < -0.39 is 98.1 Å². The van der Waals surface area contributed by atoms with Gasteiger partial charge in [0.2, 0.25) is 5.91 Å². The second kappa shape index (κ2) is 14.2.